The first-order valence-corrected chi connectivity index (χ1v) is 15.2. The van der Waals surface area contributed by atoms with Crippen LogP contribution in [-0.4, -0.2) is 63.7 Å². The minimum Gasteiger partial charge on any atom is -0.351 e. The summed E-state index contributed by atoms with van der Waals surface area (Å²) in [5, 5.41) is 4.73. The lowest BCUT2D eigenvalue weighted by Crippen LogP contribution is -2.59. The second kappa shape index (κ2) is 10.8. The number of piperazine rings is 1. The van der Waals surface area contributed by atoms with Gasteiger partial charge in [-0.3, -0.25) is 14.4 Å². The van der Waals surface area contributed by atoms with E-state index in [1.807, 2.05) is 73.0 Å². The molecule has 1 aliphatic carbocycles. The molecule has 3 fully saturated rings. The number of rotatable bonds is 5. The van der Waals surface area contributed by atoms with Gasteiger partial charge in [-0.25, -0.2) is 0 Å². The molecule has 2 aromatic carbocycles. The number of nitrogens with zero attached hydrogens (tertiary/aromatic N) is 2. The summed E-state index contributed by atoms with van der Waals surface area (Å²) in [5.41, 5.74) is 2.16. The number of para-hydroxylation sites is 1. The number of hydrogen-bond acceptors (Lipinski definition) is 3. The molecule has 1 aromatic heterocycles. The average Bonchev–Trinajstić information content (AvgIpc) is 3.69. The van der Waals surface area contributed by atoms with Crippen molar-refractivity contribution in [2.45, 2.75) is 76.9 Å². The van der Waals surface area contributed by atoms with Crippen molar-refractivity contribution in [3.05, 3.63) is 70.9 Å². The predicted octanol–water partition coefficient (Wildman–Crippen LogP) is 5.75. The zero-order valence-electron chi connectivity index (χ0n) is 24.0. The van der Waals surface area contributed by atoms with E-state index < -0.39 is 11.5 Å². The molecule has 216 valence electrons. The van der Waals surface area contributed by atoms with Crippen molar-refractivity contribution in [3.63, 3.8) is 0 Å². The second-order valence-electron chi connectivity index (χ2n) is 13.2. The topological polar surface area (TPSA) is 85.5 Å². The van der Waals surface area contributed by atoms with Gasteiger partial charge in [0.05, 0.1) is 12.1 Å². The molecule has 41 heavy (non-hydrogen) atoms. The van der Waals surface area contributed by atoms with Gasteiger partial charge in [0.2, 0.25) is 11.8 Å². The summed E-state index contributed by atoms with van der Waals surface area (Å²) in [6.07, 6.45) is 4.62. The number of hydrogen-bond donors (Lipinski definition) is 2. The second-order valence-corrected chi connectivity index (χ2v) is 13.6. The molecule has 2 bridgehead atoms. The Hall–Kier alpha value is -3.32. The molecule has 2 saturated heterocycles. The highest BCUT2D eigenvalue weighted by Gasteiger charge is 2.50. The Labute approximate surface area is 246 Å². The van der Waals surface area contributed by atoms with Crippen molar-refractivity contribution in [2.75, 3.05) is 13.1 Å². The minimum absolute atomic E-state index is 0.00307. The van der Waals surface area contributed by atoms with E-state index >= 15 is 0 Å². The molecule has 3 amide bonds. The number of fused-ring (bicyclic) bond motifs is 3. The van der Waals surface area contributed by atoms with Crippen molar-refractivity contribution in [3.8, 4) is 0 Å². The summed E-state index contributed by atoms with van der Waals surface area (Å²) in [5.74, 6) is 0.432. The quantitative estimate of drug-likeness (QED) is 0.407. The molecule has 3 aliphatic rings. The van der Waals surface area contributed by atoms with Crippen LogP contribution in [0.2, 0.25) is 5.02 Å². The predicted molar refractivity (Wildman–Crippen MR) is 161 cm³/mol. The van der Waals surface area contributed by atoms with Gasteiger partial charge in [-0.1, -0.05) is 62.7 Å². The number of nitrogens with one attached hydrogen (secondary N) is 2. The van der Waals surface area contributed by atoms with Crippen LogP contribution in [0.4, 0.5) is 0 Å². The van der Waals surface area contributed by atoms with E-state index in [4.69, 9.17) is 11.6 Å². The highest BCUT2D eigenvalue weighted by molar-refractivity contribution is 6.30. The third-order valence-electron chi connectivity index (χ3n) is 9.39. The van der Waals surface area contributed by atoms with Gasteiger partial charge in [0.15, 0.2) is 0 Å². The monoisotopic (exact) mass is 574 g/mol. The Morgan fingerprint density at radius 3 is 2.22 bits per heavy atom. The average molecular weight is 575 g/mol. The molecule has 7 nitrogen and oxygen atoms in total. The SMILES string of the molecule is CC(C)(C)[C@H](NC(=O)c1cc2ccccc2[nH]1)C(=O)N1C[C@@H]2CC1CN2C(=O)C1CCC(c2ccc(Cl)cc2)CC1. The highest BCUT2D eigenvalue weighted by Crippen LogP contribution is 2.40. The molecule has 8 heteroatoms. The lowest BCUT2D eigenvalue weighted by atomic mass is 9.78. The number of benzene rings is 2. The Bertz CT molecular complexity index is 1420. The van der Waals surface area contributed by atoms with Crippen LogP contribution < -0.4 is 5.32 Å². The van der Waals surface area contributed by atoms with E-state index in [0.29, 0.717) is 24.7 Å². The molecular weight excluding hydrogens is 536 g/mol. The van der Waals surface area contributed by atoms with Gasteiger partial charge >= 0.3 is 0 Å². The van der Waals surface area contributed by atoms with Crippen molar-refractivity contribution in [1.29, 1.82) is 0 Å². The van der Waals surface area contributed by atoms with Crippen LogP contribution in [0.25, 0.3) is 10.9 Å². The molecular formula is C33H39ClN4O3. The fraction of sp³-hybridized carbons (Fsp3) is 0.485. The van der Waals surface area contributed by atoms with Crippen LogP contribution in [0.1, 0.15) is 74.8 Å². The smallest absolute Gasteiger partial charge is 0.268 e. The fourth-order valence-corrected chi connectivity index (χ4v) is 7.19. The largest absolute Gasteiger partial charge is 0.351 e. The van der Waals surface area contributed by atoms with Crippen molar-refractivity contribution in [2.24, 2.45) is 11.3 Å². The van der Waals surface area contributed by atoms with Gasteiger partial charge in [0.25, 0.3) is 5.91 Å². The molecule has 1 saturated carbocycles. The van der Waals surface area contributed by atoms with Gasteiger partial charge in [-0.05, 0) is 73.3 Å². The van der Waals surface area contributed by atoms with Crippen molar-refractivity contribution in [1.82, 2.24) is 20.1 Å². The van der Waals surface area contributed by atoms with Gasteiger partial charge in [0.1, 0.15) is 11.7 Å². The van der Waals surface area contributed by atoms with Gasteiger partial charge in [0, 0.05) is 34.9 Å². The zero-order valence-corrected chi connectivity index (χ0v) is 24.8. The first-order valence-electron chi connectivity index (χ1n) is 14.8. The van der Waals surface area contributed by atoms with E-state index in [9.17, 15) is 14.4 Å². The number of amides is 3. The first-order chi connectivity index (χ1) is 19.6. The maximum absolute atomic E-state index is 13.9. The summed E-state index contributed by atoms with van der Waals surface area (Å²) in [6, 6.07) is 17.0. The number of halogens is 1. The van der Waals surface area contributed by atoms with Crippen LogP contribution in [0.15, 0.2) is 54.6 Å². The third kappa shape index (κ3) is 5.49. The first kappa shape index (κ1) is 27.8. The maximum Gasteiger partial charge on any atom is 0.268 e. The van der Waals surface area contributed by atoms with E-state index in [0.717, 1.165) is 48.0 Å². The number of aromatic nitrogens is 1. The molecule has 3 atom stereocenters. The van der Waals surface area contributed by atoms with Gasteiger partial charge in [-0.2, -0.15) is 0 Å². The number of aromatic amines is 1. The minimum atomic E-state index is -0.673. The summed E-state index contributed by atoms with van der Waals surface area (Å²) in [4.78, 5) is 47.8. The molecule has 2 aliphatic heterocycles. The molecule has 3 heterocycles. The molecule has 0 radical (unpaired) electrons. The van der Waals surface area contributed by atoms with E-state index in [1.165, 1.54) is 5.56 Å². The summed E-state index contributed by atoms with van der Waals surface area (Å²) in [6.45, 7) is 7.05. The number of carbonyl (C=O) groups is 3. The van der Waals surface area contributed by atoms with Gasteiger partial charge in [-0.15, -0.1) is 0 Å². The zero-order chi connectivity index (χ0) is 28.9. The lowest BCUT2D eigenvalue weighted by Gasteiger charge is -2.40. The van der Waals surface area contributed by atoms with E-state index in [2.05, 4.69) is 22.4 Å². The summed E-state index contributed by atoms with van der Waals surface area (Å²) < 4.78 is 0. The third-order valence-corrected chi connectivity index (χ3v) is 9.64. The Morgan fingerprint density at radius 2 is 1.59 bits per heavy atom. The molecule has 6 rings (SSSR count). The Kier molecular flexibility index (Phi) is 7.35. The van der Waals surface area contributed by atoms with Gasteiger partial charge < -0.3 is 20.1 Å². The normalized spacial score (nSPS) is 25.0. The highest BCUT2D eigenvalue weighted by atomic mass is 35.5. The van der Waals surface area contributed by atoms with Crippen LogP contribution in [0.5, 0.6) is 0 Å². The molecule has 0 spiro atoms. The van der Waals surface area contributed by atoms with Crippen LogP contribution in [0.3, 0.4) is 0 Å². The number of carbonyl (C=O) groups excluding carboxylic acids is 3. The Balaban J connectivity index is 1.07. The van der Waals surface area contributed by atoms with Crippen LogP contribution in [0, 0.1) is 11.3 Å². The molecule has 1 unspecified atom stereocenters. The fourth-order valence-electron chi connectivity index (χ4n) is 7.07. The van der Waals surface area contributed by atoms with Crippen molar-refractivity contribution < 1.29 is 14.4 Å². The number of likely N-dealkylation sites (tertiary alicyclic amines) is 2. The van der Waals surface area contributed by atoms with E-state index in [1.54, 1.807) is 0 Å². The van der Waals surface area contributed by atoms with Crippen LogP contribution >= 0.6 is 11.6 Å². The van der Waals surface area contributed by atoms with E-state index in [-0.39, 0.29) is 35.7 Å². The Morgan fingerprint density at radius 1 is 0.927 bits per heavy atom. The van der Waals surface area contributed by atoms with Crippen molar-refractivity contribution >= 4 is 40.2 Å². The summed E-state index contributed by atoms with van der Waals surface area (Å²) in [7, 11) is 0. The standard InChI is InChI=1S/C33H39ClN4O3/c1-33(2,3)29(36-30(39)28-16-23-6-4-5-7-27(23)35-28)32(41)38-19-25-17-26(38)18-37(25)31(40)22-10-8-20(9-11-22)21-12-14-24(34)15-13-21/h4-7,12-16,20,22,25-26,29,35H,8-11,17-19H2,1-3H3,(H,36,39)/t20?,22?,25-,26?,29+/m0/s1. The maximum atomic E-state index is 13.9. The molecule has 2 N–H and O–H groups in total. The van der Waals surface area contributed by atoms with Crippen LogP contribution in [-0.2, 0) is 9.59 Å². The lowest BCUT2D eigenvalue weighted by molar-refractivity contribution is -0.145. The summed E-state index contributed by atoms with van der Waals surface area (Å²) >= 11 is 6.06. The number of H-pyrrole nitrogens is 1. The molecule has 3 aromatic rings.